The molecule has 220 valence electrons. The molecule has 0 radical (unpaired) electrons. The lowest BCUT2D eigenvalue weighted by molar-refractivity contribution is -0.137. The highest BCUT2D eigenvalue weighted by Gasteiger charge is 2.48. The number of ether oxygens (including phenoxy) is 3. The van der Waals surface area contributed by atoms with Gasteiger partial charge < -0.3 is 40.4 Å². The summed E-state index contributed by atoms with van der Waals surface area (Å²) in [6, 6.07) is 0.0866. The van der Waals surface area contributed by atoms with Gasteiger partial charge in [0.1, 0.15) is 17.7 Å². The molecule has 2 aromatic rings. The van der Waals surface area contributed by atoms with Crippen LogP contribution in [-0.2, 0) is 19.0 Å². The zero-order valence-electron chi connectivity index (χ0n) is 22.6. The van der Waals surface area contributed by atoms with Gasteiger partial charge in [-0.05, 0) is 43.9 Å². The molecule has 1 saturated carbocycles. The van der Waals surface area contributed by atoms with Crippen LogP contribution in [0.4, 0.5) is 10.6 Å². The van der Waals surface area contributed by atoms with Gasteiger partial charge in [-0.1, -0.05) is 5.92 Å². The van der Waals surface area contributed by atoms with E-state index in [4.69, 9.17) is 19.9 Å². The van der Waals surface area contributed by atoms with Crippen LogP contribution in [0.5, 0.6) is 0 Å². The van der Waals surface area contributed by atoms with Crippen molar-refractivity contribution in [1.29, 1.82) is 0 Å². The van der Waals surface area contributed by atoms with E-state index in [9.17, 15) is 19.8 Å². The topological polar surface area (TPSA) is 187 Å². The number of rotatable bonds is 6. The van der Waals surface area contributed by atoms with Crippen LogP contribution in [0.25, 0.3) is 11.2 Å². The molecule has 0 spiro atoms. The third kappa shape index (κ3) is 6.08. The second kappa shape index (κ2) is 11.8. The number of nitrogens with zero attached hydrogens (tertiary/aromatic N) is 5. The summed E-state index contributed by atoms with van der Waals surface area (Å²) in [5, 5.41) is 23.9. The Bertz CT molecular complexity index is 1340. The van der Waals surface area contributed by atoms with Gasteiger partial charge in [0.05, 0.1) is 19.5 Å². The highest BCUT2D eigenvalue weighted by molar-refractivity contribution is 5.83. The number of nitrogens with two attached hydrogens (primary N) is 1. The van der Waals surface area contributed by atoms with Gasteiger partial charge >= 0.3 is 6.09 Å². The molecule has 4 aliphatic rings. The number of aromatic nitrogens is 4. The number of imidazole rings is 1. The SMILES string of the molecule is Nc1nc(C#CCC2CCN(C(=O)OCC3CCOC3)CC2)nc2c1ncn2[C@@H]1O[C@H](C(=O)NC2CC2)[C@@H](O)[C@H]1O. The smallest absolute Gasteiger partial charge is 0.409 e. The zero-order valence-corrected chi connectivity index (χ0v) is 22.6. The normalized spacial score (nSPS) is 28.4. The molecular weight excluding hydrogens is 534 g/mol. The highest BCUT2D eigenvalue weighted by Crippen LogP contribution is 2.33. The molecule has 1 unspecified atom stereocenters. The molecule has 14 heteroatoms. The average molecular weight is 570 g/mol. The molecule has 2 aromatic heterocycles. The molecule has 5 N–H and O–H groups in total. The summed E-state index contributed by atoms with van der Waals surface area (Å²) in [6.45, 7) is 3.02. The minimum Gasteiger partial charge on any atom is -0.449 e. The number of hydrogen-bond acceptors (Lipinski definition) is 11. The van der Waals surface area contributed by atoms with Crippen LogP contribution >= 0.6 is 0 Å². The number of piperidine rings is 1. The van der Waals surface area contributed by atoms with Crippen molar-refractivity contribution in [3.8, 4) is 11.8 Å². The van der Waals surface area contributed by atoms with Gasteiger partial charge in [-0.25, -0.2) is 19.7 Å². The molecular formula is C27H35N7O7. The Morgan fingerprint density at radius 1 is 1.12 bits per heavy atom. The third-order valence-corrected chi connectivity index (χ3v) is 8.07. The molecule has 0 aromatic carbocycles. The first-order valence-electron chi connectivity index (χ1n) is 14.2. The predicted molar refractivity (Wildman–Crippen MR) is 143 cm³/mol. The zero-order chi connectivity index (χ0) is 28.5. The lowest BCUT2D eigenvalue weighted by Crippen LogP contribution is -2.43. The molecule has 41 heavy (non-hydrogen) atoms. The van der Waals surface area contributed by atoms with Crippen LogP contribution in [0.1, 0.15) is 50.6 Å². The quantitative estimate of drug-likeness (QED) is 0.341. The van der Waals surface area contributed by atoms with Gasteiger partial charge in [0, 0.05) is 38.1 Å². The van der Waals surface area contributed by atoms with Gasteiger partial charge in [-0.2, -0.15) is 0 Å². The number of fused-ring (bicyclic) bond motifs is 1. The summed E-state index contributed by atoms with van der Waals surface area (Å²) >= 11 is 0. The number of nitrogens with one attached hydrogen (secondary N) is 1. The number of hydrogen-bond donors (Lipinski definition) is 4. The molecule has 5 heterocycles. The van der Waals surface area contributed by atoms with Gasteiger partial charge in [-0.3, -0.25) is 9.36 Å². The summed E-state index contributed by atoms with van der Waals surface area (Å²) in [5.74, 6) is 6.55. The van der Waals surface area contributed by atoms with Crippen LogP contribution in [-0.4, -0.2) is 104 Å². The molecule has 3 aliphatic heterocycles. The van der Waals surface area contributed by atoms with Crippen LogP contribution in [0.2, 0.25) is 0 Å². The first-order valence-corrected chi connectivity index (χ1v) is 14.2. The Morgan fingerprint density at radius 2 is 1.93 bits per heavy atom. The molecule has 4 fully saturated rings. The summed E-state index contributed by atoms with van der Waals surface area (Å²) < 4.78 is 18.0. The number of carbonyl (C=O) groups excluding carboxylic acids is 2. The fourth-order valence-corrected chi connectivity index (χ4v) is 5.39. The van der Waals surface area contributed by atoms with Crippen LogP contribution < -0.4 is 11.1 Å². The number of likely N-dealkylation sites (tertiary alicyclic amines) is 1. The summed E-state index contributed by atoms with van der Waals surface area (Å²) in [4.78, 5) is 39.6. The van der Waals surface area contributed by atoms with Crippen molar-refractivity contribution in [1.82, 2.24) is 29.7 Å². The van der Waals surface area contributed by atoms with Gasteiger partial charge in [0.2, 0.25) is 5.82 Å². The van der Waals surface area contributed by atoms with Crippen molar-refractivity contribution >= 4 is 29.0 Å². The second-order valence-corrected chi connectivity index (χ2v) is 11.2. The summed E-state index contributed by atoms with van der Waals surface area (Å²) in [6.07, 6.45) is 0.954. The Labute approximate surface area is 236 Å². The van der Waals surface area contributed by atoms with E-state index in [0.717, 1.165) is 38.7 Å². The minimum atomic E-state index is -1.41. The largest absolute Gasteiger partial charge is 0.449 e. The van der Waals surface area contributed by atoms with Crippen molar-refractivity contribution in [3.63, 3.8) is 0 Å². The number of aliphatic hydroxyl groups is 2. The Morgan fingerprint density at radius 3 is 2.66 bits per heavy atom. The fourth-order valence-electron chi connectivity index (χ4n) is 5.39. The summed E-state index contributed by atoms with van der Waals surface area (Å²) in [5.41, 5.74) is 6.70. The van der Waals surface area contributed by atoms with E-state index in [1.807, 2.05) is 0 Å². The minimum absolute atomic E-state index is 0.0866. The van der Waals surface area contributed by atoms with Crippen LogP contribution in [0.3, 0.4) is 0 Å². The van der Waals surface area contributed by atoms with Gasteiger partial charge in [0.15, 0.2) is 23.8 Å². The van der Waals surface area contributed by atoms with Crippen molar-refractivity contribution in [2.45, 2.75) is 69.1 Å². The average Bonchev–Trinajstić information content (AvgIpc) is 3.32. The van der Waals surface area contributed by atoms with E-state index >= 15 is 0 Å². The number of anilines is 1. The van der Waals surface area contributed by atoms with Gasteiger partial charge in [0.25, 0.3) is 5.91 Å². The van der Waals surface area contributed by atoms with Crippen LogP contribution in [0.15, 0.2) is 6.33 Å². The van der Waals surface area contributed by atoms with Gasteiger partial charge in [-0.15, -0.1) is 0 Å². The van der Waals surface area contributed by atoms with E-state index in [1.165, 1.54) is 10.9 Å². The fraction of sp³-hybridized carbons (Fsp3) is 0.667. The van der Waals surface area contributed by atoms with E-state index in [-0.39, 0.29) is 29.4 Å². The standard InChI is InChI=1S/C27H35N7O7/c28-23-19-24(34(14-29-19)26-21(36)20(35)22(41-26)25(37)30-17-4-5-17)32-18(31-23)3-1-2-15-6-9-33(10-7-15)27(38)40-13-16-8-11-39-12-16/h14-17,20-22,26,35-36H,2,4-13H2,(H,30,37)(H2,28,31,32)/t16?,20-,21+,22-,26+/m0/s1. The third-order valence-electron chi connectivity index (χ3n) is 8.07. The molecule has 5 atom stereocenters. The first kappa shape index (κ1) is 27.6. The van der Waals surface area contributed by atoms with Crippen LogP contribution in [0, 0.1) is 23.7 Å². The number of nitrogen functional groups attached to an aromatic ring is 1. The maximum absolute atomic E-state index is 12.5. The first-order chi connectivity index (χ1) is 19.9. The molecule has 0 bridgehead atoms. The van der Waals surface area contributed by atoms with Crippen molar-refractivity contribution in [3.05, 3.63) is 12.2 Å². The predicted octanol–water partition coefficient (Wildman–Crippen LogP) is -0.0670. The number of aliphatic hydroxyl groups excluding tert-OH is 2. The second-order valence-electron chi connectivity index (χ2n) is 11.2. The van der Waals surface area contributed by atoms with Crippen molar-refractivity contribution < 1.29 is 34.0 Å². The van der Waals surface area contributed by atoms with Crippen molar-refractivity contribution in [2.75, 3.05) is 38.6 Å². The van der Waals surface area contributed by atoms with E-state index < -0.39 is 30.4 Å². The molecule has 14 nitrogen and oxygen atoms in total. The monoisotopic (exact) mass is 569 g/mol. The maximum Gasteiger partial charge on any atom is 0.409 e. The van der Waals surface area contributed by atoms with E-state index in [0.29, 0.717) is 50.1 Å². The van der Waals surface area contributed by atoms with E-state index in [1.54, 1.807) is 4.90 Å². The maximum atomic E-state index is 12.5. The molecule has 2 amide bonds. The molecule has 3 saturated heterocycles. The van der Waals surface area contributed by atoms with E-state index in [2.05, 4.69) is 32.1 Å². The Hall–Kier alpha value is -3.51. The number of amides is 2. The lowest BCUT2D eigenvalue weighted by Gasteiger charge is -2.30. The summed E-state index contributed by atoms with van der Waals surface area (Å²) in [7, 11) is 0. The highest BCUT2D eigenvalue weighted by atomic mass is 16.6. The Kier molecular flexibility index (Phi) is 7.94. The molecule has 1 aliphatic carbocycles. The molecule has 6 rings (SSSR count). The Balaban J connectivity index is 1.06. The lowest BCUT2D eigenvalue weighted by atomic mass is 9.94. The number of carbonyl (C=O) groups is 2. The van der Waals surface area contributed by atoms with Crippen molar-refractivity contribution in [2.24, 2.45) is 11.8 Å².